The zero-order valence-corrected chi connectivity index (χ0v) is 13.8. The first kappa shape index (κ1) is 17.2. The Morgan fingerprint density at radius 1 is 1.32 bits per heavy atom. The molecule has 0 aromatic rings. The highest BCUT2D eigenvalue weighted by Gasteiger charge is 2.59. The molecule has 8 heteroatoms. The number of ether oxygens (including phenoxy) is 1. The van der Waals surface area contributed by atoms with Crippen LogP contribution in [0.2, 0.25) is 0 Å². The van der Waals surface area contributed by atoms with Crippen molar-refractivity contribution >= 4 is 22.0 Å². The number of carbonyl (C=O) groups is 2. The second kappa shape index (κ2) is 6.16. The molecule has 0 aromatic heterocycles. The maximum atomic E-state index is 12.8. The number of rotatable bonds is 6. The van der Waals surface area contributed by atoms with Gasteiger partial charge in [-0.1, -0.05) is 6.92 Å². The fourth-order valence-electron chi connectivity index (χ4n) is 3.09. The number of aliphatic carboxylic acids is 1. The molecule has 1 saturated heterocycles. The molecule has 1 N–H and O–H groups in total. The Hall–Kier alpha value is -1.15. The van der Waals surface area contributed by atoms with Crippen molar-refractivity contribution in [1.82, 2.24) is 4.31 Å². The normalized spacial score (nSPS) is 28.1. The van der Waals surface area contributed by atoms with E-state index in [9.17, 15) is 23.1 Å². The van der Waals surface area contributed by atoms with Gasteiger partial charge in [0.2, 0.25) is 10.0 Å². The quantitative estimate of drug-likeness (QED) is 0.723. The Bertz CT molecular complexity index is 554. The Morgan fingerprint density at radius 2 is 1.95 bits per heavy atom. The van der Waals surface area contributed by atoms with E-state index in [0.29, 0.717) is 25.8 Å². The van der Waals surface area contributed by atoms with Crippen molar-refractivity contribution in [1.29, 1.82) is 0 Å². The fourth-order valence-corrected chi connectivity index (χ4v) is 5.39. The molecule has 0 aromatic carbocycles. The summed E-state index contributed by atoms with van der Waals surface area (Å²) in [5.74, 6) is -2.18. The Labute approximate surface area is 130 Å². The maximum absolute atomic E-state index is 12.8. The minimum absolute atomic E-state index is 0.00736. The summed E-state index contributed by atoms with van der Waals surface area (Å²) in [6, 6.07) is 0. The zero-order valence-electron chi connectivity index (χ0n) is 12.9. The van der Waals surface area contributed by atoms with Crippen LogP contribution in [0.15, 0.2) is 0 Å². The number of hydrogen-bond acceptors (Lipinski definition) is 5. The predicted molar refractivity (Wildman–Crippen MR) is 78.6 cm³/mol. The topological polar surface area (TPSA) is 101 Å². The summed E-state index contributed by atoms with van der Waals surface area (Å²) in [5.41, 5.74) is 0. The second-order valence-corrected chi connectivity index (χ2v) is 8.70. The van der Waals surface area contributed by atoms with Crippen LogP contribution in [-0.4, -0.2) is 54.2 Å². The third kappa shape index (κ3) is 3.27. The zero-order chi connectivity index (χ0) is 16.5. The SMILES string of the molecule is CCOC(=O)CC1(S(=O)(=O)N2CC(C)CC(C(=O)O)C2)CC1. The molecule has 0 amide bonds. The van der Waals surface area contributed by atoms with Gasteiger partial charge >= 0.3 is 11.9 Å². The molecule has 0 spiro atoms. The van der Waals surface area contributed by atoms with Gasteiger partial charge in [-0.2, -0.15) is 0 Å². The molecule has 2 aliphatic rings. The molecule has 0 bridgehead atoms. The molecule has 1 aliphatic heterocycles. The lowest BCUT2D eigenvalue weighted by atomic mass is 9.92. The number of sulfonamides is 1. The number of piperidine rings is 1. The van der Waals surface area contributed by atoms with E-state index in [-0.39, 0.29) is 25.5 Å². The Morgan fingerprint density at radius 3 is 2.45 bits per heavy atom. The first-order chi connectivity index (χ1) is 10.2. The van der Waals surface area contributed by atoms with Crippen LogP contribution >= 0.6 is 0 Å². The van der Waals surface area contributed by atoms with Crippen LogP contribution < -0.4 is 0 Å². The first-order valence-corrected chi connectivity index (χ1v) is 9.04. The molecule has 2 unspecified atom stereocenters. The highest BCUT2D eigenvalue weighted by Crippen LogP contribution is 2.49. The summed E-state index contributed by atoms with van der Waals surface area (Å²) >= 11 is 0. The Kier molecular flexibility index (Phi) is 4.81. The van der Waals surface area contributed by atoms with Crippen molar-refractivity contribution < 1.29 is 27.9 Å². The van der Waals surface area contributed by atoms with E-state index in [1.54, 1.807) is 6.92 Å². The number of carbonyl (C=O) groups excluding carboxylic acids is 1. The van der Waals surface area contributed by atoms with Crippen molar-refractivity contribution in [2.24, 2.45) is 11.8 Å². The average Bonchev–Trinajstić information content (AvgIpc) is 3.19. The van der Waals surface area contributed by atoms with Crippen LogP contribution in [0.25, 0.3) is 0 Å². The molecule has 7 nitrogen and oxygen atoms in total. The number of esters is 1. The van der Waals surface area contributed by atoms with Crippen molar-refractivity contribution in [3.8, 4) is 0 Å². The first-order valence-electron chi connectivity index (χ1n) is 7.60. The van der Waals surface area contributed by atoms with Gasteiger partial charge < -0.3 is 9.84 Å². The van der Waals surface area contributed by atoms with E-state index < -0.39 is 32.6 Å². The number of nitrogens with zero attached hydrogens (tertiary/aromatic N) is 1. The molecule has 22 heavy (non-hydrogen) atoms. The molecular weight excluding hydrogens is 310 g/mol. The smallest absolute Gasteiger partial charge is 0.307 e. The molecule has 0 radical (unpaired) electrons. The van der Waals surface area contributed by atoms with Gasteiger partial charge in [-0.3, -0.25) is 9.59 Å². The van der Waals surface area contributed by atoms with Crippen molar-refractivity contribution in [2.45, 2.75) is 44.3 Å². The second-order valence-electron chi connectivity index (χ2n) is 6.36. The van der Waals surface area contributed by atoms with Crippen molar-refractivity contribution in [3.05, 3.63) is 0 Å². The third-order valence-corrected chi connectivity index (χ3v) is 7.07. The van der Waals surface area contributed by atoms with E-state index in [0.717, 1.165) is 0 Å². The van der Waals surface area contributed by atoms with E-state index in [2.05, 4.69) is 0 Å². The monoisotopic (exact) mass is 333 g/mol. The standard InChI is InChI=1S/C14H23NO6S/c1-3-21-12(16)7-14(4-5-14)22(19,20)15-8-10(2)6-11(9-15)13(17)18/h10-11H,3-9H2,1-2H3,(H,17,18). The van der Waals surface area contributed by atoms with Crippen LogP contribution in [0.1, 0.15) is 39.5 Å². The number of carboxylic acid groups (broad SMARTS) is 1. The largest absolute Gasteiger partial charge is 0.481 e. The lowest BCUT2D eigenvalue weighted by molar-refractivity contribution is -0.144. The van der Waals surface area contributed by atoms with Gasteiger partial charge in [-0.15, -0.1) is 0 Å². The fraction of sp³-hybridized carbons (Fsp3) is 0.857. The van der Waals surface area contributed by atoms with Crippen molar-refractivity contribution in [3.63, 3.8) is 0 Å². The van der Waals surface area contributed by atoms with Gasteiger partial charge in [0.1, 0.15) is 0 Å². The molecular formula is C14H23NO6S. The summed E-state index contributed by atoms with van der Waals surface area (Å²) in [4.78, 5) is 22.9. The van der Waals surface area contributed by atoms with Crippen molar-refractivity contribution in [2.75, 3.05) is 19.7 Å². The van der Waals surface area contributed by atoms with Crippen LogP contribution in [-0.2, 0) is 24.3 Å². The molecule has 2 fully saturated rings. The van der Waals surface area contributed by atoms with Crippen LogP contribution in [0.3, 0.4) is 0 Å². The highest BCUT2D eigenvalue weighted by molar-refractivity contribution is 7.90. The Balaban J connectivity index is 2.15. The van der Waals surface area contributed by atoms with Crippen LogP contribution in [0.4, 0.5) is 0 Å². The van der Waals surface area contributed by atoms with E-state index in [1.807, 2.05) is 6.92 Å². The summed E-state index contributed by atoms with van der Waals surface area (Å²) in [6.07, 6.45) is 1.19. The molecule has 1 heterocycles. The predicted octanol–water partition coefficient (Wildman–Crippen LogP) is 0.845. The van der Waals surface area contributed by atoms with E-state index in [1.165, 1.54) is 4.31 Å². The molecule has 1 saturated carbocycles. The maximum Gasteiger partial charge on any atom is 0.307 e. The summed E-state index contributed by atoms with van der Waals surface area (Å²) in [5, 5.41) is 9.18. The average molecular weight is 333 g/mol. The molecule has 2 atom stereocenters. The van der Waals surface area contributed by atoms with Gasteiger partial charge in [-0.05, 0) is 32.1 Å². The van der Waals surface area contributed by atoms with Gasteiger partial charge in [0.05, 0.1) is 23.7 Å². The van der Waals surface area contributed by atoms with Crippen LogP contribution in [0, 0.1) is 11.8 Å². The van der Waals surface area contributed by atoms with Gasteiger partial charge in [-0.25, -0.2) is 12.7 Å². The number of carboxylic acids is 1. The molecule has 2 rings (SSSR count). The third-order valence-electron chi connectivity index (χ3n) is 4.44. The minimum Gasteiger partial charge on any atom is -0.481 e. The lowest BCUT2D eigenvalue weighted by Crippen LogP contribution is -2.50. The highest BCUT2D eigenvalue weighted by atomic mass is 32.2. The van der Waals surface area contributed by atoms with Gasteiger partial charge in [0.25, 0.3) is 0 Å². The van der Waals surface area contributed by atoms with E-state index in [4.69, 9.17) is 4.74 Å². The van der Waals surface area contributed by atoms with Crippen LogP contribution in [0.5, 0.6) is 0 Å². The van der Waals surface area contributed by atoms with Gasteiger partial charge in [0.15, 0.2) is 0 Å². The summed E-state index contributed by atoms with van der Waals surface area (Å²) in [7, 11) is -3.69. The number of hydrogen-bond donors (Lipinski definition) is 1. The van der Waals surface area contributed by atoms with Gasteiger partial charge in [0, 0.05) is 13.1 Å². The summed E-state index contributed by atoms with van der Waals surface area (Å²) < 4.78 is 30.7. The minimum atomic E-state index is -3.69. The van der Waals surface area contributed by atoms with E-state index >= 15 is 0 Å². The summed E-state index contributed by atoms with van der Waals surface area (Å²) in [6.45, 7) is 4.05. The lowest BCUT2D eigenvalue weighted by Gasteiger charge is -2.36. The molecule has 1 aliphatic carbocycles. The molecule has 126 valence electrons.